The molecule has 1 N–H and O–H groups in total. The van der Waals surface area contributed by atoms with E-state index in [0.717, 1.165) is 28.8 Å². The van der Waals surface area contributed by atoms with Gasteiger partial charge in [-0.25, -0.2) is 0 Å². The molecule has 4 nitrogen and oxygen atoms in total. The Hall–Kier alpha value is -2.33. The van der Waals surface area contributed by atoms with Gasteiger partial charge in [-0.1, -0.05) is 35.9 Å². The van der Waals surface area contributed by atoms with Crippen LogP contribution in [0.4, 0.5) is 5.69 Å². The van der Waals surface area contributed by atoms with E-state index in [4.69, 9.17) is 11.6 Å². The topological polar surface area (TPSA) is 49.4 Å². The maximum Gasteiger partial charge on any atom is 0.227 e. The second-order valence-corrected chi connectivity index (χ2v) is 7.30. The van der Waals surface area contributed by atoms with Gasteiger partial charge in [-0.05, 0) is 55.2 Å². The van der Waals surface area contributed by atoms with Gasteiger partial charge in [0, 0.05) is 30.2 Å². The zero-order chi connectivity index (χ0) is 18.7. The molecule has 1 atom stereocenters. The Balaban J connectivity index is 1.56. The summed E-state index contributed by atoms with van der Waals surface area (Å²) in [6.45, 7) is 4.98. The maximum atomic E-state index is 12.5. The second-order valence-electron chi connectivity index (χ2n) is 6.86. The van der Waals surface area contributed by atoms with E-state index in [2.05, 4.69) is 5.32 Å². The molecule has 0 radical (unpaired) electrons. The van der Waals surface area contributed by atoms with Crippen molar-refractivity contribution in [3.05, 3.63) is 64.2 Å². The Bertz CT molecular complexity index is 817. The third-order valence-electron chi connectivity index (χ3n) is 4.78. The van der Waals surface area contributed by atoms with Gasteiger partial charge < -0.3 is 10.2 Å². The standard InChI is InChI=1S/C21H23ClN2O2/c1-14-3-4-15(2)19(11-14)24-13-17(12-20(24)25)21(26)23-10-9-16-5-7-18(22)8-6-16/h3-8,11,17H,9-10,12-13H2,1-2H3,(H,23,26). The third kappa shape index (κ3) is 4.25. The number of hydrogen-bond donors (Lipinski definition) is 1. The molecule has 5 heteroatoms. The summed E-state index contributed by atoms with van der Waals surface area (Å²) in [7, 11) is 0. The predicted molar refractivity (Wildman–Crippen MR) is 105 cm³/mol. The lowest BCUT2D eigenvalue weighted by atomic mass is 10.1. The Morgan fingerprint density at radius 1 is 1.19 bits per heavy atom. The molecule has 0 bridgehead atoms. The fourth-order valence-corrected chi connectivity index (χ4v) is 3.38. The molecule has 1 fully saturated rings. The molecule has 136 valence electrons. The van der Waals surface area contributed by atoms with Gasteiger partial charge in [0.15, 0.2) is 0 Å². The van der Waals surface area contributed by atoms with Gasteiger partial charge in [-0.3, -0.25) is 9.59 Å². The third-order valence-corrected chi connectivity index (χ3v) is 5.03. The van der Waals surface area contributed by atoms with Crippen LogP contribution in [0.2, 0.25) is 5.02 Å². The lowest BCUT2D eigenvalue weighted by Crippen LogP contribution is -2.34. The van der Waals surface area contributed by atoms with Crippen molar-refractivity contribution < 1.29 is 9.59 Å². The molecule has 2 aromatic carbocycles. The summed E-state index contributed by atoms with van der Waals surface area (Å²) < 4.78 is 0. The minimum absolute atomic E-state index is 0.0107. The number of nitrogens with one attached hydrogen (secondary N) is 1. The van der Waals surface area contributed by atoms with Crippen LogP contribution in [0, 0.1) is 19.8 Å². The normalized spacial score (nSPS) is 16.8. The zero-order valence-electron chi connectivity index (χ0n) is 15.1. The van der Waals surface area contributed by atoms with Crippen LogP contribution in [0.25, 0.3) is 0 Å². The van der Waals surface area contributed by atoms with E-state index in [-0.39, 0.29) is 24.2 Å². The van der Waals surface area contributed by atoms with E-state index in [1.165, 1.54) is 0 Å². The van der Waals surface area contributed by atoms with Crippen LogP contribution < -0.4 is 10.2 Å². The highest BCUT2D eigenvalue weighted by Gasteiger charge is 2.35. The van der Waals surface area contributed by atoms with E-state index >= 15 is 0 Å². The Morgan fingerprint density at radius 2 is 1.92 bits per heavy atom. The van der Waals surface area contributed by atoms with Crippen molar-refractivity contribution >= 4 is 29.1 Å². The second kappa shape index (κ2) is 7.92. The van der Waals surface area contributed by atoms with Gasteiger partial charge in [0.2, 0.25) is 11.8 Å². The number of halogens is 1. The van der Waals surface area contributed by atoms with Gasteiger partial charge in [0.25, 0.3) is 0 Å². The van der Waals surface area contributed by atoms with Gasteiger partial charge in [0.05, 0.1) is 5.92 Å². The highest BCUT2D eigenvalue weighted by molar-refractivity contribution is 6.30. The fraction of sp³-hybridized carbons (Fsp3) is 0.333. The molecule has 0 saturated carbocycles. The first kappa shape index (κ1) is 18.5. The average molecular weight is 371 g/mol. The van der Waals surface area contributed by atoms with Crippen LogP contribution in [0.15, 0.2) is 42.5 Å². The van der Waals surface area contributed by atoms with Crippen LogP contribution in [-0.2, 0) is 16.0 Å². The molecule has 0 aromatic heterocycles. The molecule has 1 heterocycles. The van der Waals surface area contributed by atoms with Gasteiger partial charge >= 0.3 is 0 Å². The van der Waals surface area contributed by atoms with Crippen LogP contribution in [0.1, 0.15) is 23.1 Å². The lowest BCUT2D eigenvalue weighted by molar-refractivity contribution is -0.126. The number of benzene rings is 2. The monoisotopic (exact) mass is 370 g/mol. The lowest BCUT2D eigenvalue weighted by Gasteiger charge is -2.19. The molecule has 26 heavy (non-hydrogen) atoms. The molecule has 3 rings (SSSR count). The summed E-state index contributed by atoms with van der Waals surface area (Å²) >= 11 is 5.87. The number of hydrogen-bond acceptors (Lipinski definition) is 2. The highest BCUT2D eigenvalue weighted by atomic mass is 35.5. The van der Waals surface area contributed by atoms with Crippen LogP contribution in [-0.4, -0.2) is 24.9 Å². The molecule has 0 spiro atoms. The summed E-state index contributed by atoms with van der Waals surface area (Å²) in [6.07, 6.45) is 1.00. The minimum atomic E-state index is -0.298. The Morgan fingerprint density at radius 3 is 2.65 bits per heavy atom. The van der Waals surface area contributed by atoms with Crippen molar-refractivity contribution in [1.29, 1.82) is 0 Å². The number of anilines is 1. The van der Waals surface area contributed by atoms with E-state index in [1.807, 2.05) is 56.3 Å². The number of nitrogens with zero attached hydrogens (tertiary/aromatic N) is 1. The summed E-state index contributed by atoms with van der Waals surface area (Å²) in [5, 5.41) is 3.66. The largest absolute Gasteiger partial charge is 0.355 e. The summed E-state index contributed by atoms with van der Waals surface area (Å²) in [6, 6.07) is 13.6. The number of carbonyl (C=O) groups excluding carboxylic acids is 2. The van der Waals surface area contributed by atoms with E-state index < -0.39 is 0 Å². The van der Waals surface area contributed by atoms with E-state index in [9.17, 15) is 9.59 Å². The van der Waals surface area contributed by atoms with Crippen molar-refractivity contribution in [3.63, 3.8) is 0 Å². The average Bonchev–Trinajstić information content (AvgIpc) is 3.00. The molecule has 1 saturated heterocycles. The van der Waals surface area contributed by atoms with Crippen LogP contribution in [0.3, 0.4) is 0 Å². The molecule has 2 aromatic rings. The van der Waals surface area contributed by atoms with Gasteiger partial charge in [-0.15, -0.1) is 0 Å². The quantitative estimate of drug-likeness (QED) is 0.873. The number of rotatable bonds is 5. The first-order valence-electron chi connectivity index (χ1n) is 8.84. The van der Waals surface area contributed by atoms with Crippen LogP contribution in [0.5, 0.6) is 0 Å². The van der Waals surface area contributed by atoms with Crippen molar-refractivity contribution in [3.8, 4) is 0 Å². The molecule has 0 aliphatic carbocycles. The summed E-state index contributed by atoms with van der Waals surface area (Å²) in [4.78, 5) is 26.6. The SMILES string of the molecule is Cc1ccc(C)c(N2CC(C(=O)NCCc3ccc(Cl)cc3)CC2=O)c1. The van der Waals surface area contributed by atoms with Crippen molar-refractivity contribution in [2.24, 2.45) is 5.92 Å². The predicted octanol–water partition coefficient (Wildman–Crippen LogP) is 3.67. The summed E-state index contributed by atoms with van der Waals surface area (Å²) in [5.41, 5.74) is 4.18. The van der Waals surface area contributed by atoms with Gasteiger partial charge in [0.1, 0.15) is 0 Å². The zero-order valence-corrected chi connectivity index (χ0v) is 15.8. The molecule has 1 unspecified atom stereocenters. The van der Waals surface area contributed by atoms with E-state index in [0.29, 0.717) is 18.1 Å². The smallest absolute Gasteiger partial charge is 0.227 e. The fourth-order valence-electron chi connectivity index (χ4n) is 3.25. The Kier molecular flexibility index (Phi) is 5.62. The van der Waals surface area contributed by atoms with Crippen molar-refractivity contribution in [1.82, 2.24) is 5.32 Å². The molecule has 2 amide bonds. The molecular weight excluding hydrogens is 348 g/mol. The highest BCUT2D eigenvalue weighted by Crippen LogP contribution is 2.28. The summed E-state index contributed by atoms with van der Waals surface area (Å²) in [5.74, 6) is -0.343. The maximum absolute atomic E-state index is 12.5. The molecule has 1 aliphatic heterocycles. The Labute approximate surface area is 159 Å². The number of amides is 2. The first-order chi connectivity index (χ1) is 12.4. The van der Waals surface area contributed by atoms with Gasteiger partial charge in [-0.2, -0.15) is 0 Å². The minimum Gasteiger partial charge on any atom is -0.355 e. The molecular formula is C21H23ClN2O2. The van der Waals surface area contributed by atoms with Crippen LogP contribution >= 0.6 is 11.6 Å². The number of aryl methyl sites for hydroxylation is 2. The number of carbonyl (C=O) groups is 2. The van der Waals surface area contributed by atoms with Crippen molar-refractivity contribution in [2.45, 2.75) is 26.7 Å². The van der Waals surface area contributed by atoms with Crippen molar-refractivity contribution in [2.75, 3.05) is 18.0 Å². The van der Waals surface area contributed by atoms with E-state index in [1.54, 1.807) is 4.90 Å². The molecule has 1 aliphatic rings. The first-order valence-corrected chi connectivity index (χ1v) is 9.21.